The number of rotatable bonds is 5. The molecule has 3 nitrogen and oxygen atoms in total. The van der Waals surface area contributed by atoms with Gasteiger partial charge in [-0.15, -0.1) is 0 Å². The van der Waals surface area contributed by atoms with E-state index in [9.17, 15) is 4.79 Å². The lowest BCUT2D eigenvalue weighted by atomic mass is 9.77. The molecular weight excluding hydrogens is 344 g/mol. The summed E-state index contributed by atoms with van der Waals surface area (Å²) in [7, 11) is 0. The molecule has 1 heterocycles. The summed E-state index contributed by atoms with van der Waals surface area (Å²) < 4.78 is 0. The predicted octanol–water partition coefficient (Wildman–Crippen LogP) is 4.80. The van der Waals surface area contributed by atoms with Crippen LogP contribution in [0.15, 0.2) is 115 Å². The molecule has 0 saturated heterocycles. The van der Waals surface area contributed by atoms with Crippen LogP contribution in [0.25, 0.3) is 0 Å². The summed E-state index contributed by atoms with van der Waals surface area (Å²) in [4.78, 5) is 17.4. The van der Waals surface area contributed by atoms with Crippen molar-refractivity contribution in [3.05, 3.63) is 138 Å². The minimum atomic E-state index is -0.835. The Balaban J connectivity index is 1.95. The van der Waals surface area contributed by atoms with E-state index in [4.69, 9.17) is 0 Å². The molecule has 4 rings (SSSR count). The summed E-state index contributed by atoms with van der Waals surface area (Å²) in [6.45, 7) is 0. The predicted molar refractivity (Wildman–Crippen MR) is 111 cm³/mol. The fourth-order valence-corrected chi connectivity index (χ4v) is 3.51. The molecule has 1 N–H and O–H groups in total. The molecule has 0 fully saturated rings. The fraction of sp³-hybridized carbons (Fsp3) is 0.0400. The molecule has 0 radical (unpaired) electrons. The zero-order valence-corrected chi connectivity index (χ0v) is 15.3. The van der Waals surface area contributed by atoms with Gasteiger partial charge in [-0.05, 0) is 28.8 Å². The Morgan fingerprint density at radius 3 is 1.43 bits per heavy atom. The van der Waals surface area contributed by atoms with Gasteiger partial charge in [0.05, 0.1) is 0 Å². The van der Waals surface area contributed by atoms with Crippen molar-refractivity contribution in [2.75, 3.05) is 0 Å². The van der Waals surface area contributed by atoms with Gasteiger partial charge < -0.3 is 5.32 Å². The first kappa shape index (κ1) is 17.7. The van der Waals surface area contributed by atoms with Gasteiger partial charge in [0.15, 0.2) is 0 Å². The van der Waals surface area contributed by atoms with Crippen molar-refractivity contribution in [3.63, 3.8) is 0 Å². The zero-order chi connectivity index (χ0) is 19.2. The molecule has 4 aromatic rings. The Hall–Kier alpha value is -3.72. The standard InChI is InChI=1S/C25H20N2O/c28-24(23-18-10-11-19-26-23)27-25(20-12-4-1-5-13-20,21-14-6-2-7-15-21)22-16-8-3-9-17-22/h1-19H,(H,27,28). The molecule has 0 aliphatic rings. The molecule has 0 spiro atoms. The number of benzene rings is 3. The quantitative estimate of drug-likeness (QED) is 0.517. The van der Waals surface area contributed by atoms with E-state index in [1.807, 2.05) is 97.1 Å². The molecule has 28 heavy (non-hydrogen) atoms. The number of nitrogens with zero attached hydrogens (tertiary/aromatic N) is 1. The molecule has 0 aliphatic carbocycles. The Morgan fingerprint density at radius 2 is 1.04 bits per heavy atom. The maximum Gasteiger partial charge on any atom is 0.271 e. The van der Waals surface area contributed by atoms with Gasteiger partial charge in [-0.1, -0.05) is 97.1 Å². The fourth-order valence-electron chi connectivity index (χ4n) is 3.51. The number of carbonyl (C=O) groups excluding carboxylic acids is 1. The maximum atomic E-state index is 13.2. The molecule has 3 heteroatoms. The second kappa shape index (κ2) is 7.89. The van der Waals surface area contributed by atoms with E-state index < -0.39 is 5.54 Å². The van der Waals surface area contributed by atoms with Crippen molar-refractivity contribution in [2.24, 2.45) is 0 Å². The molecule has 0 unspecified atom stereocenters. The van der Waals surface area contributed by atoms with Crippen molar-refractivity contribution in [3.8, 4) is 0 Å². The second-order valence-electron chi connectivity index (χ2n) is 6.52. The first-order valence-electron chi connectivity index (χ1n) is 9.21. The highest BCUT2D eigenvalue weighted by atomic mass is 16.2. The van der Waals surface area contributed by atoms with Crippen LogP contribution in [-0.4, -0.2) is 10.9 Å². The van der Waals surface area contributed by atoms with Gasteiger partial charge in [0.1, 0.15) is 11.2 Å². The largest absolute Gasteiger partial charge is 0.333 e. The van der Waals surface area contributed by atoms with Crippen molar-refractivity contribution in [1.29, 1.82) is 0 Å². The van der Waals surface area contributed by atoms with Crippen LogP contribution in [0.5, 0.6) is 0 Å². The minimum absolute atomic E-state index is 0.225. The van der Waals surface area contributed by atoms with E-state index in [-0.39, 0.29) is 5.91 Å². The van der Waals surface area contributed by atoms with Gasteiger partial charge >= 0.3 is 0 Å². The molecule has 0 atom stereocenters. The number of nitrogens with one attached hydrogen (secondary N) is 1. The van der Waals surface area contributed by atoms with E-state index in [1.165, 1.54) is 0 Å². The van der Waals surface area contributed by atoms with Gasteiger partial charge in [0.2, 0.25) is 0 Å². The number of aromatic nitrogens is 1. The van der Waals surface area contributed by atoms with Gasteiger partial charge in [-0.2, -0.15) is 0 Å². The van der Waals surface area contributed by atoms with Gasteiger partial charge in [0.25, 0.3) is 5.91 Å². The highest BCUT2D eigenvalue weighted by Crippen LogP contribution is 2.36. The summed E-state index contributed by atoms with van der Waals surface area (Å²) >= 11 is 0. The third-order valence-electron chi connectivity index (χ3n) is 4.82. The monoisotopic (exact) mass is 364 g/mol. The van der Waals surface area contributed by atoms with E-state index in [2.05, 4.69) is 10.3 Å². The zero-order valence-electron chi connectivity index (χ0n) is 15.3. The Morgan fingerprint density at radius 1 is 0.607 bits per heavy atom. The van der Waals surface area contributed by atoms with Crippen LogP contribution in [0.3, 0.4) is 0 Å². The van der Waals surface area contributed by atoms with Crippen LogP contribution in [0, 0.1) is 0 Å². The topological polar surface area (TPSA) is 42.0 Å². The smallest absolute Gasteiger partial charge is 0.271 e. The Labute approximate surface area is 164 Å². The van der Waals surface area contributed by atoms with Gasteiger partial charge in [-0.25, -0.2) is 0 Å². The van der Waals surface area contributed by atoms with Crippen LogP contribution in [-0.2, 0) is 5.54 Å². The minimum Gasteiger partial charge on any atom is -0.333 e. The van der Waals surface area contributed by atoms with E-state index >= 15 is 0 Å². The summed E-state index contributed by atoms with van der Waals surface area (Å²) in [5.74, 6) is -0.225. The van der Waals surface area contributed by atoms with Crippen LogP contribution < -0.4 is 5.32 Å². The van der Waals surface area contributed by atoms with Crippen molar-refractivity contribution < 1.29 is 4.79 Å². The van der Waals surface area contributed by atoms with E-state index in [0.717, 1.165) is 16.7 Å². The summed E-state index contributed by atoms with van der Waals surface area (Å²) in [6.07, 6.45) is 1.63. The molecule has 0 saturated carbocycles. The average Bonchev–Trinajstić information content (AvgIpc) is 2.80. The Bertz CT molecular complexity index is 936. The van der Waals surface area contributed by atoms with Crippen LogP contribution in [0.2, 0.25) is 0 Å². The number of hydrogen-bond acceptors (Lipinski definition) is 2. The van der Waals surface area contributed by atoms with E-state index in [0.29, 0.717) is 5.69 Å². The maximum absolute atomic E-state index is 13.2. The molecule has 3 aromatic carbocycles. The van der Waals surface area contributed by atoms with Gasteiger partial charge in [0, 0.05) is 6.20 Å². The van der Waals surface area contributed by atoms with E-state index in [1.54, 1.807) is 18.3 Å². The molecule has 0 bridgehead atoms. The van der Waals surface area contributed by atoms with Crippen LogP contribution in [0.4, 0.5) is 0 Å². The molecule has 136 valence electrons. The lowest BCUT2D eigenvalue weighted by molar-refractivity contribution is 0.0919. The van der Waals surface area contributed by atoms with Crippen LogP contribution >= 0.6 is 0 Å². The molecule has 1 amide bonds. The first-order valence-corrected chi connectivity index (χ1v) is 9.21. The third-order valence-corrected chi connectivity index (χ3v) is 4.82. The average molecular weight is 364 g/mol. The van der Waals surface area contributed by atoms with Crippen molar-refractivity contribution >= 4 is 5.91 Å². The van der Waals surface area contributed by atoms with Crippen molar-refractivity contribution in [1.82, 2.24) is 10.3 Å². The summed E-state index contributed by atoms with van der Waals surface area (Å²) in [6, 6.07) is 35.4. The lowest BCUT2D eigenvalue weighted by Gasteiger charge is -2.36. The summed E-state index contributed by atoms with van der Waals surface area (Å²) in [5, 5.41) is 3.29. The lowest BCUT2D eigenvalue weighted by Crippen LogP contribution is -2.48. The normalized spacial score (nSPS) is 11.0. The SMILES string of the molecule is O=C(NC(c1ccccc1)(c1ccccc1)c1ccccc1)c1ccccn1. The number of hydrogen-bond donors (Lipinski definition) is 1. The Kier molecular flexibility index (Phi) is 4.98. The number of amides is 1. The highest BCUT2D eigenvalue weighted by molar-refractivity contribution is 5.93. The van der Waals surface area contributed by atoms with Gasteiger partial charge in [-0.3, -0.25) is 9.78 Å². The molecule has 0 aliphatic heterocycles. The number of carbonyl (C=O) groups is 1. The third kappa shape index (κ3) is 3.30. The first-order chi connectivity index (χ1) is 13.8. The van der Waals surface area contributed by atoms with Crippen LogP contribution in [0.1, 0.15) is 27.2 Å². The second-order valence-corrected chi connectivity index (χ2v) is 6.52. The van der Waals surface area contributed by atoms with Crippen molar-refractivity contribution in [2.45, 2.75) is 5.54 Å². The highest BCUT2D eigenvalue weighted by Gasteiger charge is 2.38. The summed E-state index contributed by atoms with van der Waals surface area (Å²) in [5.41, 5.74) is 2.50. The molecular formula is C25H20N2O. The molecule has 1 aromatic heterocycles. The number of pyridine rings is 1.